The van der Waals surface area contributed by atoms with Gasteiger partial charge in [-0.3, -0.25) is 14.8 Å². The topological polar surface area (TPSA) is 85.8 Å². The van der Waals surface area contributed by atoms with Crippen LogP contribution in [-0.4, -0.2) is 25.9 Å². The molecule has 0 aliphatic carbocycles. The molecule has 1 N–H and O–H groups in total. The van der Waals surface area contributed by atoms with E-state index in [0.717, 1.165) is 6.07 Å². The van der Waals surface area contributed by atoms with Crippen molar-refractivity contribution in [2.24, 2.45) is 7.05 Å². The fourth-order valence-corrected chi connectivity index (χ4v) is 2.03. The van der Waals surface area contributed by atoms with Crippen LogP contribution in [0.4, 0.5) is 14.8 Å². The van der Waals surface area contributed by atoms with Gasteiger partial charge in [0.25, 0.3) is 11.8 Å². The second-order valence-electron chi connectivity index (χ2n) is 4.83. The minimum absolute atomic E-state index is 0.0617. The van der Waals surface area contributed by atoms with Crippen LogP contribution in [0.15, 0.2) is 28.8 Å². The fraction of sp³-hybridized carbons (Fsp3) is 0.143. The van der Waals surface area contributed by atoms with E-state index in [2.05, 4.69) is 20.6 Å². The Morgan fingerprint density at radius 2 is 2.09 bits per heavy atom. The second-order valence-corrected chi connectivity index (χ2v) is 4.83. The van der Waals surface area contributed by atoms with Gasteiger partial charge in [0.05, 0.1) is 5.56 Å². The summed E-state index contributed by atoms with van der Waals surface area (Å²) in [5.74, 6) is -2.26. The van der Waals surface area contributed by atoms with Gasteiger partial charge < -0.3 is 4.42 Å². The normalized spacial score (nSPS) is 10.8. The number of aryl methyl sites for hydroxylation is 2. The summed E-state index contributed by atoms with van der Waals surface area (Å²) in [4.78, 5) is 12.1. The third-order valence-electron chi connectivity index (χ3n) is 3.03. The van der Waals surface area contributed by atoms with Gasteiger partial charge in [0.15, 0.2) is 5.69 Å². The number of anilines is 1. The molecule has 0 spiro atoms. The Bertz CT molecular complexity index is 887. The van der Waals surface area contributed by atoms with Crippen molar-refractivity contribution in [2.45, 2.75) is 6.92 Å². The first kappa shape index (κ1) is 14.8. The first-order valence-corrected chi connectivity index (χ1v) is 6.54. The fourth-order valence-electron chi connectivity index (χ4n) is 2.03. The highest BCUT2D eigenvalue weighted by Gasteiger charge is 2.18. The Balaban J connectivity index is 1.82. The smallest absolute Gasteiger partial charge is 0.322 e. The van der Waals surface area contributed by atoms with Gasteiger partial charge in [-0.1, -0.05) is 5.10 Å². The number of carbonyl (C=O) groups is 1. The number of nitrogens with one attached hydrogen (secondary N) is 1. The molecule has 0 aliphatic heterocycles. The highest BCUT2D eigenvalue weighted by Crippen LogP contribution is 2.23. The van der Waals surface area contributed by atoms with Crippen molar-refractivity contribution in [2.75, 3.05) is 5.32 Å². The molecule has 0 bridgehead atoms. The molecule has 118 valence electrons. The van der Waals surface area contributed by atoms with Gasteiger partial charge in [-0.2, -0.15) is 5.10 Å². The molecule has 1 aromatic carbocycles. The Hall–Kier alpha value is -3.10. The molecule has 7 nitrogen and oxygen atoms in total. The molecular weight excluding hydrogens is 308 g/mol. The molecule has 0 saturated carbocycles. The van der Waals surface area contributed by atoms with Crippen molar-refractivity contribution in [1.82, 2.24) is 20.0 Å². The standard InChI is InChI=1S/C14H11F2N5O2/c1-7-6-21(2)20-11(7)12(22)17-14-19-18-13(23-14)9-4-3-8(15)5-10(9)16/h3-6H,1-2H3,(H,17,19,22). The molecule has 2 aromatic heterocycles. The van der Waals surface area contributed by atoms with Gasteiger partial charge in [-0.25, -0.2) is 8.78 Å². The molecule has 23 heavy (non-hydrogen) atoms. The highest BCUT2D eigenvalue weighted by molar-refractivity contribution is 6.02. The number of aromatic nitrogens is 4. The average Bonchev–Trinajstić information content (AvgIpc) is 3.05. The quantitative estimate of drug-likeness (QED) is 0.800. The van der Waals surface area contributed by atoms with Crippen molar-refractivity contribution in [3.05, 3.63) is 47.3 Å². The van der Waals surface area contributed by atoms with Crippen LogP contribution < -0.4 is 5.32 Å². The van der Waals surface area contributed by atoms with E-state index in [4.69, 9.17) is 4.42 Å². The average molecular weight is 319 g/mol. The van der Waals surface area contributed by atoms with Crippen molar-refractivity contribution >= 4 is 11.9 Å². The Morgan fingerprint density at radius 1 is 1.30 bits per heavy atom. The molecule has 0 unspecified atom stereocenters. The zero-order chi connectivity index (χ0) is 16.6. The van der Waals surface area contributed by atoms with Crippen LogP contribution in [0.5, 0.6) is 0 Å². The van der Waals surface area contributed by atoms with Crippen molar-refractivity contribution in [3.63, 3.8) is 0 Å². The van der Waals surface area contributed by atoms with E-state index in [9.17, 15) is 13.6 Å². The van der Waals surface area contributed by atoms with Gasteiger partial charge in [-0.05, 0) is 19.1 Å². The third-order valence-corrected chi connectivity index (χ3v) is 3.03. The molecule has 0 radical (unpaired) electrons. The lowest BCUT2D eigenvalue weighted by Gasteiger charge is -1.98. The van der Waals surface area contributed by atoms with Crippen LogP contribution in [0, 0.1) is 18.6 Å². The molecule has 9 heteroatoms. The van der Waals surface area contributed by atoms with E-state index in [1.54, 1.807) is 20.2 Å². The summed E-state index contributed by atoms with van der Waals surface area (Å²) >= 11 is 0. The first-order chi connectivity index (χ1) is 10.9. The number of hydrogen-bond donors (Lipinski definition) is 1. The van der Waals surface area contributed by atoms with E-state index >= 15 is 0 Å². The van der Waals surface area contributed by atoms with Crippen LogP contribution in [0.3, 0.4) is 0 Å². The third kappa shape index (κ3) is 2.93. The van der Waals surface area contributed by atoms with Gasteiger partial charge >= 0.3 is 6.01 Å². The summed E-state index contributed by atoms with van der Waals surface area (Å²) in [5.41, 5.74) is 0.822. The molecule has 0 saturated heterocycles. The van der Waals surface area contributed by atoms with Crippen LogP contribution in [0.25, 0.3) is 11.5 Å². The van der Waals surface area contributed by atoms with E-state index in [-0.39, 0.29) is 23.2 Å². The first-order valence-electron chi connectivity index (χ1n) is 6.54. The van der Waals surface area contributed by atoms with Crippen LogP contribution >= 0.6 is 0 Å². The predicted octanol–water partition coefficient (Wildman–Crippen LogP) is 2.31. The molecule has 3 rings (SSSR count). The molecule has 3 aromatic rings. The van der Waals surface area contributed by atoms with E-state index < -0.39 is 17.5 Å². The number of amides is 1. The zero-order valence-corrected chi connectivity index (χ0v) is 12.2. The Morgan fingerprint density at radius 3 is 2.74 bits per heavy atom. The molecular formula is C14H11F2N5O2. The number of hydrogen-bond acceptors (Lipinski definition) is 5. The Kier molecular flexibility index (Phi) is 3.61. The maximum absolute atomic E-state index is 13.7. The number of nitrogens with zero attached hydrogens (tertiary/aromatic N) is 4. The number of benzene rings is 1. The maximum Gasteiger partial charge on any atom is 0.322 e. The minimum atomic E-state index is -0.841. The van der Waals surface area contributed by atoms with Gasteiger partial charge in [0.1, 0.15) is 11.6 Å². The lowest BCUT2D eigenvalue weighted by Crippen LogP contribution is -2.14. The van der Waals surface area contributed by atoms with E-state index in [1.807, 2.05) is 0 Å². The maximum atomic E-state index is 13.7. The summed E-state index contributed by atoms with van der Waals surface area (Å²) in [7, 11) is 1.69. The minimum Gasteiger partial charge on any atom is -0.403 e. The van der Waals surface area contributed by atoms with Crippen molar-refractivity contribution in [3.8, 4) is 11.5 Å². The number of rotatable bonds is 3. The number of carbonyl (C=O) groups excluding carboxylic acids is 1. The lowest BCUT2D eigenvalue weighted by atomic mass is 10.2. The summed E-state index contributed by atoms with van der Waals surface area (Å²) in [5, 5.41) is 13.6. The van der Waals surface area contributed by atoms with Gasteiger partial charge in [-0.15, -0.1) is 5.10 Å². The number of halogens is 2. The molecule has 0 aliphatic rings. The SMILES string of the molecule is Cc1cn(C)nc1C(=O)Nc1nnc(-c2ccc(F)cc2F)o1. The zero-order valence-electron chi connectivity index (χ0n) is 12.2. The van der Waals surface area contributed by atoms with Gasteiger partial charge in [0.2, 0.25) is 0 Å². The molecule has 1 amide bonds. The predicted molar refractivity (Wildman–Crippen MR) is 75.5 cm³/mol. The highest BCUT2D eigenvalue weighted by atomic mass is 19.1. The van der Waals surface area contributed by atoms with Crippen LogP contribution in [-0.2, 0) is 7.05 Å². The summed E-state index contributed by atoms with van der Waals surface area (Å²) in [6, 6.07) is 2.73. The van der Waals surface area contributed by atoms with Crippen LogP contribution in [0.2, 0.25) is 0 Å². The molecule has 0 atom stereocenters. The molecule has 0 fully saturated rings. The lowest BCUT2D eigenvalue weighted by molar-refractivity contribution is 0.101. The summed E-state index contributed by atoms with van der Waals surface area (Å²) < 4.78 is 33.2. The van der Waals surface area contributed by atoms with Gasteiger partial charge in [0, 0.05) is 24.9 Å². The summed E-state index contributed by atoms with van der Waals surface area (Å²) in [6.45, 7) is 1.73. The second kappa shape index (κ2) is 5.59. The van der Waals surface area contributed by atoms with E-state index in [0.29, 0.717) is 11.6 Å². The monoisotopic (exact) mass is 319 g/mol. The van der Waals surface area contributed by atoms with Crippen molar-refractivity contribution < 1.29 is 18.0 Å². The Labute approximate surface area is 128 Å². The molecule has 2 heterocycles. The summed E-state index contributed by atoms with van der Waals surface area (Å²) in [6.07, 6.45) is 1.68. The van der Waals surface area contributed by atoms with Crippen molar-refractivity contribution in [1.29, 1.82) is 0 Å². The largest absolute Gasteiger partial charge is 0.403 e. The van der Waals surface area contributed by atoms with E-state index in [1.165, 1.54) is 10.7 Å². The van der Waals surface area contributed by atoms with Crippen LogP contribution in [0.1, 0.15) is 16.1 Å².